The number of nitrogens with one attached hydrogen (secondary N) is 1. The van der Waals surface area contributed by atoms with Crippen LogP contribution in [0.1, 0.15) is 17.2 Å². The summed E-state index contributed by atoms with van der Waals surface area (Å²) in [5.74, 6) is 4.43. The van der Waals surface area contributed by atoms with E-state index in [0.29, 0.717) is 11.3 Å². The molecule has 0 amide bonds. The van der Waals surface area contributed by atoms with Crippen molar-refractivity contribution in [3.8, 4) is 0 Å². The molecule has 0 bridgehead atoms. The van der Waals surface area contributed by atoms with Crippen LogP contribution in [0.25, 0.3) is 0 Å². The van der Waals surface area contributed by atoms with E-state index in [1.165, 1.54) is 11.6 Å². The highest BCUT2D eigenvalue weighted by Gasteiger charge is 2.13. The van der Waals surface area contributed by atoms with E-state index in [4.69, 9.17) is 5.84 Å². The van der Waals surface area contributed by atoms with Gasteiger partial charge in [0.15, 0.2) is 11.6 Å². The van der Waals surface area contributed by atoms with E-state index in [2.05, 4.69) is 11.5 Å². The first-order chi connectivity index (χ1) is 9.60. The van der Waals surface area contributed by atoms with Crippen molar-refractivity contribution in [3.05, 3.63) is 65.2 Å². The Morgan fingerprint density at radius 1 is 1.15 bits per heavy atom. The molecular formula is C15H16F2N2S. The lowest BCUT2D eigenvalue weighted by Crippen LogP contribution is -2.29. The highest BCUT2D eigenvalue weighted by Crippen LogP contribution is 2.25. The second-order valence-electron chi connectivity index (χ2n) is 4.52. The molecule has 1 unspecified atom stereocenters. The van der Waals surface area contributed by atoms with Crippen LogP contribution in [0, 0.1) is 18.6 Å². The smallest absolute Gasteiger partial charge is 0.159 e. The molecule has 2 aromatic rings. The monoisotopic (exact) mass is 294 g/mol. The predicted molar refractivity (Wildman–Crippen MR) is 78.3 cm³/mol. The molecule has 0 aliphatic carbocycles. The molecule has 0 heterocycles. The van der Waals surface area contributed by atoms with Crippen LogP contribution < -0.4 is 11.3 Å². The van der Waals surface area contributed by atoms with E-state index in [0.717, 1.165) is 11.0 Å². The molecular weight excluding hydrogens is 278 g/mol. The molecule has 2 nitrogen and oxygen atoms in total. The Morgan fingerprint density at radius 3 is 2.60 bits per heavy atom. The lowest BCUT2D eigenvalue weighted by molar-refractivity contribution is 0.502. The minimum atomic E-state index is -0.858. The summed E-state index contributed by atoms with van der Waals surface area (Å²) in [7, 11) is 0. The number of hydrazine groups is 1. The first-order valence-corrected chi connectivity index (χ1v) is 7.19. The Balaban J connectivity index is 2.07. The zero-order chi connectivity index (χ0) is 14.5. The molecule has 2 rings (SSSR count). The second-order valence-corrected chi connectivity index (χ2v) is 5.61. The third kappa shape index (κ3) is 3.79. The van der Waals surface area contributed by atoms with Crippen molar-refractivity contribution < 1.29 is 8.78 Å². The summed E-state index contributed by atoms with van der Waals surface area (Å²) in [5, 5.41) is 0. The van der Waals surface area contributed by atoms with Crippen LogP contribution in [0.2, 0.25) is 0 Å². The first kappa shape index (κ1) is 15.0. The normalized spacial score (nSPS) is 12.4. The summed E-state index contributed by atoms with van der Waals surface area (Å²) < 4.78 is 26.2. The van der Waals surface area contributed by atoms with Gasteiger partial charge in [-0.2, -0.15) is 0 Å². The minimum absolute atomic E-state index is 0.240. The Hall–Kier alpha value is -1.43. The summed E-state index contributed by atoms with van der Waals surface area (Å²) >= 11 is 1.61. The van der Waals surface area contributed by atoms with Gasteiger partial charge >= 0.3 is 0 Å². The van der Waals surface area contributed by atoms with Crippen LogP contribution in [0.5, 0.6) is 0 Å². The number of aryl methyl sites for hydroxylation is 1. The molecule has 1 atom stereocenters. The van der Waals surface area contributed by atoms with Crippen LogP contribution in [0.15, 0.2) is 47.4 Å². The van der Waals surface area contributed by atoms with E-state index in [1.807, 2.05) is 25.1 Å². The van der Waals surface area contributed by atoms with Gasteiger partial charge < -0.3 is 0 Å². The SMILES string of the molecule is Cc1cccc(SCC(NN)c2ccc(F)c(F)c2)c1. The fraction of sp³-hybridized carbons (Fsp3) is 0.200. The van der Waals surface area contributed by atoms with Crippen LogP contribution in [0.4, 0.5) is 8.78 Å². The largest absolute Gasteiger partial charge is 0.271 e. The zero-order valence-electron chi connectivity index (χ0n) is 11.1. The van der Waals surface area contributed by atoms with E-state index in [9.17, 15) is 8.78 Å². The number of rotatable bonds is 5. The highest BCUT2D eigenvalue weighted by molar-refractivity contribution is 7.99. The van der Waals surface area contributed by atoms with Gasteiger partial charge in [0.2, 0.25) is 0 Å². The van der Waals surface area contributed by atoms with E-state index in [1.54, 1.807) is 17.8 Å². The third-order valence-electron chi connectivity index (χ3n) is 2.95. The van der Waals surface area contributed by atoms with Gasteiger partial charge in [0.05, 0.1) is 6.04 Å². The lowest BCUT2D eigenvalue weighted by Gasteiger charge is -2.16. The minimum Gasteiger partial charge on any atom is -0.271 e. The molecule has 0 saturated carbocycles. The van der Waals surface area contributed by atoms with Crippen LogP contribution in [-0.2, 0) is 0 Å². The van der Waals surface area contributed by atoms with Gasteiger partial charge in [0, 0.05) is 10.6 Å². The van der Waals surface area contributed by atoms with Gasteiger partial charge in [-0.15, -0.1) is 11.8 Å². The third-order valence-corrected chi connectivity index (χ3v) is 4.04. The van der Waals surface area contributed by atoms with Gasteiger partial charge in [-0.3, -0.25) is 11.3 Å². The van der Waals surface area contributed by atoms with Crippen molar-refractivity contribution in [2.24, 2.45) is 5.84 Å². The summed E-state index contributed by atoms with van der Waals surface area (Å²) in [4.78, 5) is 1.12. The van der Waals surface area contributed by atoms with Crippen molar-refractivity contribution >= 4 is 11.8 Å². The van der Waals surface area contributed by atoms with E-state index in [-0.39, 0.29) is 6.04 Å². The van der Waals surface area contributed by atoms with Crippen molar-refractivity contribution in [2.45, 2.75) is 17.9 Å². The van der Waals surface area contributed by atoms with E-state index >= 15 is 0 Å². The van der Waals surface area contributed by atoms with Gasteiger partial charge in [0.25, 0.3) is 0 Å². The molecule has 0 fully saturated rings. The number of nitrogens with two attached hydrogens (primary N) is 1. The van der Waals surface area contributed by atoms with Crippen LogP contribution in [-0.4, -0.2) is 5.75 Å². The maximum absolute atomic E-state index is 13.2. The molecule has 106 valence electrons. The van der Waals surface area contributed by atoms with Gasteiger partial charge in [-0.25, -0.2) is 8.78 Å². The average molecular weight is 294 g/mol. The highest BCUT2D eigenvalue weighted by atomic mass is 32.2. The Kier molecular flexibility index (Phi) is 5.11. The molecule has 2 aromatic carbocycles. The zero-order valence-corrected chi connectivity index (χ0v) is 11.9. The number of hydrogen-bond donors (Lipinski definition) is 2. The number of halogens is 2. The topological polar surface area (TPSA) is 38.0 Å². The maximum atomic E-state index is 13.2. The summed E-state index contributed by atoms with van der Waals surface area (Å²) in [6, 6.07) is 11.7. The average Bonchev–Trinajstić information content (AvgIpc) is 2.43. The van der Waals surface area contributed by atoms with E-state index < -0.39 is 11.6 Å². The maximum Gasteiger partial charge on any atom is 0.159 e. The van der Waals surface area contributed by atoms with Crippen LogP contribution in [0.3, 0.4) is 0 Å². The number of benzene rings is 2. The molecule has 3 N–H and O–H groups in total. The predicted octanol–water partition coefficient (Wildman–Crippen LogP) is 3.57. The van der Waals surface area contributed by atoms with Crippen molar-refractivity contribution in [1.82, 2.24) is 5.43 Å². The van der Waals surface area contributed by atoms with Gasteiger partial charge in [-0.1, -0.05) is 23.8 Å². The summed E-state index contributed by atoms with van der Waals surface area (Å²) in [6.07, 6.45) is 0. The van der Waals surface area contributed by atoms with Crippen molar-refractivity contribution in [3.63, 3.8) is 0 Å². The fourth-order valence-electron chi connectivity index (χ4n) is 1.85. The fourth-order valence-corrected chi connectivity index (χ4v) is 2.95. The standard InChI is InChI=1S/C15H16F2N2S/c1-10-3-2-4-12(7-10)20-9-15(19-18)11-5-6-13(16)14(17)8-11/h2-8,15,19H,9,18H2,1H3. The molecule has 0 spiro atoms. The first-order valence-electron chi connectivity index (χ1n) is 6.20. The lowest BCUT2D eigenvalue weighted by atomic mass is 10.1. The second kappa shape index (κ2) is 6.83. The Bertz CT molecular complexity index is 590. The molecule has 0 aliphatic heterocycles. The number of hydrogen-bond acceptors (Lipinski definition) is 3. The van der Waals surface area contributed by atoms with Gasteiger partial charge in [0.1, 0.15) is 0 Å². The van der Waals surface area contributed by atoms with Crippen molar-refractivity contribution in [2.75, 3.05) is 5.75 Å². The van der Waals surface area contributed by atoms with Gasteiger partial charge in [-0.05, 0) is 36.8 Å². The Labute approximate surface area is 121 Å². The van der Waals surface area contributed by atoms with Crippen LogP contribution >= 0.6 is 11.8 Å². The summed E-state index contributed by atoms with van der Waals surface area (Å²) in [5.41, 5.74) is 4.45. The van der Waals surface area contributed by atoms with Crippen molar-refractivity contribution in [1.29, 1.82) is 0 Å². The molecule has 0 saturated heterocycles. The number of thioether (sulfide) groups is 1. The molecule has 0 aromatic heterocycles. The molecule has 0 radical (unpaired) electrons. The Morgan fingerprint density at radius 2 is 1.95 bits per heavy atom. The molecule has 0 aliphatic rings. The molecule has 20 heavy (non-hydrogen) atoms. The summed E-state index contributed by atoms with van der Waals surface area (Å²) in [6.45, 7) is 2.03. The molecule has 5 heteroatoms. The quantitative estimate of drug-likeness (QED) is 0.503.